The number of hydrogen-bond donors (Lipinski definition) is 0. The van der Waals surface area contributed by atoms with Gasteiger partial charge in [-0.2, -0.15) is 0 Å². The summed E-state index contributed by atoms with van der Waals surface area (Å²) < 4.78 is 0. The minimum atomic E-state index is -0.0702. The minimum Gasteiger partial charge on any atom is -0.275 e. The summed E-state index contributed by atoms with van der Waals surface area (Å²) in [5.74, 6) is -0.0702. The highest BCUT2D eigenvalue weighted by atomic mass is 16.2. The fourth-order valence-electron chi connectivity index (χ4n) is 2.35. The van der Waals surface area contributed by atoms with Gasteiger partial charge in [0, 0.05) is 17.4 Å². The molecule has 22 heavy (non-hydrogen) atoms. The summed E-state index contributed by atoms with van der Waals surface area (Å²) in [6, 6.07) is 20.9. The number of pyridine rings is 1. The molecule has 1 heterocycles. The number of anilines is 2. The molecule has 108 valence electrons. The number of hydrogen-bond acceptors (Lipinski definition) is 2. The Kier molecular flexibility index (Phi) is 3.97. The summed E-state index contributed by atoms with van der Waals surface area (Å²) in [7, 11) is 0. The van der Waals surface area contributed by atoms with Gasteiger partial charge in [0.05, 0.1) is 11.9 Å². The zero-order chi connectivity index (χ0) is 15.4. The highest BCUT2D eigenvalue weighted by molar-refractivity contribution is 6.10. The molecule has 0 fully saturated rings. The number of aromatic nitrogens is 1. The molecular formula is C19H16N2O. The first kappa shape index (κ1) is 14.0. The van der Waals surface area contributed by atoms with Crippen molar-refractivity contribution in [2.24, 2.45) is 0 Å². The third-order valence-corrected chi connectivity index (χ3v) is 3.39. The topological polar surface area (TPSA) is 33.2 Å². The van der Waals surface area contributed by atoms with Crippen LogP contribution in [-0.2, 0) is 0 Å². The van der Waals surface area contributed by atoms with Crippen LogP contribution in [0.5, 0.6) is 0 Å². The van der Waals surface area contributed by atoms with Gasteiger partial charge < -0.3 is 0 Å². The van der Waals surface area contributed by atoms with Gasteiger partial charge in [0.1, 0.15) is 0 Å². The lowest BCUT2D eigenvalue weighted by Crippen LogP contribution is -2.26. The second-order valence-corrected chi connectivity index (χ2v) is 5.06. The molecule has 1 aromatic heterocycles. The van der Waals surface area contributed by atoms with E-state index < -0.39 is 0 Å². The number of rotatable bonds is 3. The molecule has 0 aliphatic carbocycles. The largest absolute Gasteiger partial charge is 0.275 e. The standard InChI is InChI=1S/C19H16N2O/c1-15-7-5-10-17(13-15)21(18-11-6-12-20-14-18)19(22)16-8-3-2-4-9-16/h2-14H,1H3. The Labute approximate surface area is 129 Å². The van der Waals surface area contributed by atoms with E-state index in [1.165, 1.54) is 0 Å². The second kappa shape index (κ2) is 6.22. The first-order valence-electron chi connectivity index (χ1n) is 7.12. The first-order valence-corrected chi connectivity index (χ1v) is 7.12. The van der Waals surface area contributed by atoms with Crippen LogP contribution in [0, 0.1) is 6.92 Å². The Morgan fingerprint density at radius 2 is 1.68 bits per heavy atom. The number of benzene rings is 2. The molecule has 0 saturated heterocycles. The lowest BCUT2D eigenvalue weighted by molar-refractivity contribution is 0.0999. The van der Waals surface area contributed by atoms with Gasteiger partial charge in [-0.1, -0.05) is 30.3 Å². The van der Waals surface area contributed by atoms with E-state index in [1.807, 2.05) is 73.7 Å². The SMILES string of the molecule is Cc1cccc(N(C(=O)c2ccccc2)c2cccnc2)c1. The second-order valence-electron chi connectivity index (χ2n) is 5.06. The number of carbonyl (C=O) groups is 1. The average molecular weight is 288 g/mol. The Morgan fingerprint density at radius 1 is 0.909 bits per heavy atom. The molecule has 0 aliphatic rings. The van der Waals surface area contributed by atoms with Gasteiger partial charge in [-0.3, -0.25) is 14.7 Å². The van der Waals surface area contributed by atoms with E-state index in [2.05, 4.69) is 4.98 Å². The van der Waals surface area contributed by atoms with E-state index in [9.17, 15) is 4.79 Å². The normalized spacial score (nSPS) is 10.2. The van der Waals surface area contributed by atoms with Crippen molar-refractivity contribution in [1.82, 2.24) is 4.98 Å². The van der Waals surface area contributed by atoms with Crippen LogP contribution in [0.2, 0.25) is 0 Å². The fraction of sp³-hybridized carbons (Fsp3) is 0.0526. The van der Waals surface area contributed by atoms with E-state index in [0.717, 1.165) is 16.9 Å². The van der Waals surface area contributed by atoms with Crippen molar-refractivity contribution in [3.63, 3.8) is 0 Å². The third kappa shape index (κ3) is 2.88. The Morgan fingerprint density at radius 3 is 2.36 bits per heavy atom. The lowest BCUT2D eigenvalue weighted by atomic mass is 10.1. The molecule has 0 atom stereocenters. The monoisotopic (exact) mass is 288 g/mol. The molecule has 0 saturated carbocycles. The van der Waals surface area contributed by atoms with Crippen LogP contribution in [0.4, 0.5) is 11.4 Å². The molecule has 3 nitrogen and oxygen atoms in total. The Hall–Kier alpha value is -2.94. The number of carbonyl (C=O) groups excluding carboxylic acids is 1. The molecule has 3 rings (SSSR count). The molecule has 0 spiro atoms. The van der Waals surface area contributed by atoms with Crippen molar-refractivity contribution >= 4 is 17.3 Å². The predicted octanol–water partition coefficient (Wildman–Crippen LogP) is 4.37. The van der Waals surface area contributed by atoms with Crippen molar-refractivity contribution in [3.8, 4) is 0 Å². The summed E-state index contributed by atoms with van der Waals surface area (Å²) in [5.41, 5.74) is 3.34. The average Bonchev–Trinajstić information content (AvgIpc) is 2.57. The van der Waals surface area contributed by atoms with Gasteiger partial charge >= 0.3 is 0 Å². The van der Waals surface area contributed by atoms with E-state index in [1.54, 1.807) is 17.3 Å². The Balaban J connectivity index is 2.10. The molecular weight excluding hydrogens is 272 g/mol. The number of aryl methyl sites for hydroxylation is 1. The lowest BCUT2D eigenvalue weighted by Gasteiger charge is -2.23. The highest BCUT2D eigenvalue weighted by Crippen LogP contribution is 2.27. The molecule has 0 unspecified atom stereocenters. The van der Waals surface area contributed by atoms with Crippen LogP contribution in [0.3, 0.4) is 0 Å². The van der Waals surface area contributed by atoms with Gasteiger partial charge in [0.15, 0.2) is 0 Å². The summed E-state index contributed by atoms with van der Waals surface area (Å²) in [6.07, 6.45) is 3.40. The first-order chi connectivity index (χ1) is 10.8. The van der Waals surface area contributed by atoms with Crippen molar-refractivity contribution in [2.45, 2.75) is 6.92 Å². The summed E-state index contributed by atoms with van der Waals surface area (Å²) in [6.45, 7) is 2.01. The van der Waals surface area contributed by atoms with E-state index in [-0.39, 0.29) is 5.91 Å². The highest BCUT2D eigenvalue weighted by Gasteiger charge is 2.19. The minimum absolute atomic E-state index is 0.0702. The van der Waals surface area contributed by atoms with Crippen molar-refractivity contribution in [1.29, 1.82) is 0 Å². The van der Waals surface area contributed by atoms with Crippen LogP contribution < -0.4 is 4.90 Å². The van der Waals surface area contributed by atoms with E-state index >= 15 is 0 Å². The van der Waals surface area contributed by atoms with Gasteiger partial charge in [0.25, 0.3) is 5.91 Å². The summed E-state index contributed by atoms with van der Waals surface area (Å²) >= 11 is 0. The maximum atomic E-state index is 13.0. The zero-order valence-electron chi connectivity index (χ0n) is 12.3. The van der Waals surface area contributed by atoms with Crippen LogP contribution in [0.15, 0.2) is 79.1 Å². The smallest absolute Gasteiger partial charge is 0.262 e. The molecule has 0 radical (unpaired) electrons. The number of amides is 1. The Bertz CT molecular complexity index is 770. The quantitative estimate of drug-likeness (QED) is 0.717. The molecule has 0 N–H and O–H groups in total. The van der Waals surface area contributed by atoms with Gasteiger partial charge in [-0.05, 0) is 48.9 Å². The van der Waals surface area contributed by atoms with Crippen molar-refractivity contribution in [3.05, 3.63) is 90.3 Å². The van der Waals surface area contributed by atoms with Crippen molar-refractivity contribution < 1.29 is 4.79 Å². The number of nitrogens with zero attached hydrogens (tertiary/aromatic N) is 2. The van der Waals surface area contributed by atoms with Gasteiger partial charge in [-0.25, -0.2) is 0 Å². The third-order valence-electron chi connectivity index (χ3n) is 3.39. The van der Waals surface area contributed by atoms with Crippen LogP contribution >= 0.6 is 0 Å². The summed E-state index contributed by atoms with van der Waals surface area (Å²) in [4.78, 5) is 18.8. The van der Waals surface area contributed by atoms with Gasteiger partial charge in [0.2, 0.25) is 0 Å². The maximum absolute atomic E-state index is 13.0. The van der Waals surface area contributed by atoms with Gasteiger partial charge in [-0.15, -0.1) is 0 Å². The van der Waals surface area contributed by atoms with Crippen molar-refractivity contribution in [2.75, 3.05) is 4.90 Å². The van der Waals surface area contributed by atoms with E-state index in [4.69, 9.17) is 0 Å². The van der Waals surface area contributed by atoms with Crippen LogP contribution in [-0.4, -0.2) is 10.9 Å². The van der Waals surface area contributed by atoms with Crippen LogP contribution in [0.25, 0.3) is 0 Å². The summed E-state index contributed by atoms with van der Waals surface area (Å²) in [5, 5.41) is 0. The zero-order valence-corrected chi connectivity index (χ0v) is 12.3. The molecule has 0 bridgehead atoms. The van der Waals surface area contributed by atoms with E-state index in [0.29, 0.717) is 5.56 Å². The molecule has 2 aromatic carbocycles. The maximum Gasteiger partial charge on any atom is 0.262 e. The fourth-order valence-corrected chi connectivity index (χ4v) is 2.35. The molecule has 3 aromatic rings. The molecule has 1 amide bonds. The molecule has 3 heteroatoms. The predicted molar refractivity (Wildman–Crippen MR) is 88.3 cm³/mol. The van der Waals surface area contributed by atoms with Crippen LogP contribution in [0.1, 0.15) is 15.9 Å². The molecule has 0 aliphatic heterocycles.